The quantitative estimate of drug-likeness (QED) is 0.118. The Morgan fingerprint density at radius 3 is 1.04 bits per heavy atom. The van der Waals surface area contributed by atoms with Gasteiger partial charge in [-0.25, -0.2) is 0 Å². The molecular formula is C46H74N2O2PPd+. The van der Waals surface area contributed by atoms with Crippen LogP contribution in [0.25, 0.3) is 0 Å². The van der Waals surface area contributed by atoms with E-state index in [-0.39, 0.29) is 34.8 Å². The first-order valence-corrected chi connectivity index (χ1v) is 22.6. The second-order valence-electron chi connectivity index (χ2n) is 17.0. The maximum atomic E-state index is 8.36. The third-order valence-corrected chi connectivity index (χ3v) is 16.6. The van der Waals surface area contributed by atoms with Gasteiger partial charge in [0, 0.05) is 19.3 Å². The number of benzene rings is 2. The fraction of sp³-hybridized carbons (Fsp3) is 0.652. The molecular weight excluding hydrogens is 750 g/mol. The second kappa shape index (κ2) is 22.7. The zero-order valence-electron chi connectivity index (χ0n) is 34.0. The summed E-state index contributed by atoms with van der Waals surface area (Å²) in [6, 6.07) is 13.5. The molecule has 2 aromatic rings. The Hall–Kier alpha value is -1.66. The Bertz CT molecular complexity index is 1190. The van der Waals surface area contributed by atoms with Crippen molar-refractivity contribution in [3.63, 3.8) is 0 Å². The summed E-state index contributed by atoms with van der Waals surface area (Å²) in [5.41, 5.74) is 12.0. The van der Waals surface area contributed by atoms with Gasteiger partial charge in [0.25, 0.3) is 6.47 Å². The standard InChI is InChI=1S/C27H37N2.C18H33P.CH2O2.Pd.H/c1-18(2)22-11-9-12-23(19(3)4)26(22)28-15-16-29(17-28)27-24(20(5)6)13-10-14-25(27)21(7)8;1-4-10-16(11-5-1)19(17-12-6-2-7-13-17)18-14-8-3-9-15-18;2-1-3;;/h9-21H,1-8H3;16-18H,1-15H2;1H,(H,2,3);;/q-1;;;+1;/p+1. The van der Waals surface area contributed by atoms with Crippen molar-refractivity contribution < 1.29 is 30.3 Å². The SMILES string of the molecule is C1CCC([PH+](C2CCCCC2)C2CCCCC2)CC1.CC(C)c1cccc(C(C)C)c1N1C=CN(c2c(C(C)C)cccc2C(C)C)[CH-]1.O=CO.[PdH+]. The van der Waals surface area contributed by atoms with E-state index in [0.717, 1.165) is 0 Å². The number of hydrogen-bond donors (Lipinski definition) is 1. The van der Waals surface area contributed by atoms with Crippen LogP contribution < -0.4 is 9.80 Å². The van der Waals surface area contributed by atoms with E-state index in [9.17, 15) is 0 Å². The van der Waals surface area contributed by atoms with Crippen molar-refractivity contribution in [2.45, 2.75) is 192 Å². The summed E-state index contributed by atoms with van der Waals surface area (Å²) in [6.07, 6.45) is 28.2. The van der Waals surface area contributed by atoms with Gasteiger partial charge in [0.2, 0.25) is 0 Å². The van der Waals surface area contributed by atoms with Crippen molar-refractivity contribution in [1.29, 1.82) is 0 Å². The Morgan fingerprint density at radius 2 is 0.808 bits per heavy atom. The summed E-state index contributed by atoms with van der Waals surface area (Å²) in [7, 11) is -0.0465. The summed E-state index contributed by atoms with van der Waals surface area (Å²) in [5, 5.41) is 6.89. The fourth-order valence-electron chi connectivity index (χ4n) is 9.55. The average molecular weight is 825 g/mol. The molecule has 294 valence electrons. The number of carbonyl (C=O) groups is 1. The Kier molecular flexibility index (Phi) is 19.5. The molecule has 6 heteroatoms. The van der Waals surface area contributed by atoms with Crippen molar-refractivity contribution >= 4 is 25.8 Å². The van der Waals surface area contributed by atoms with Gasteiger partial charge < -0.3 is 14.9 Å². The first-order chi connectivity index (χ1) is 24.6. The van der Waals surface area contributed by atoms with E-state index in [0.29, 0.717) is 23.7 Å². The fourth-order valence-corrected chi connectivity index (χ4v) is 14.8. The first-order valence-electron chi connectivity index (χ1n) is 20.9. The summed E-state index contributed by atoms with van der Waals surface area (Å²) >= 11 is 0. The van der Waals surface area contributed by atoms with Gasteiger partial charge in [-0.3, -0.25) is 4.79 Å². The molecule has 0 bridgehead atoms. The van der Waals surface area contributed by atoms with Crippen LogP contribution in [0.5, 0.6) is 0 Å². The monoisotopic (exact) mass is 823 g/mol. The van der Waals surface area contributed by atoms with E-state index >= 15 is 0 Å². The molecule has 3 fully saturated rings. The van der Waals surface area contributed by atoms with Gasteiger partial charge in [-0.15, -0.1) is 6.67 Å². The average Bonchev–Trinajstić information content (AvgIpc) is 3.63. The number of rotatable bonds is 9. The molecule has 1 radical (unpaired) electrons. The van der Waals surface area contributed by atoms with Crippen LogP contribution in [0.4, 0.5) is 11.4 Å². The van der Waals surface area contributed by atoms with Crippen molar-refractivity contribution in [1.82, 2.24) is 0 Å². The molecule has 0 atom stereocenters. The first kappa shape index (κ1) is 44.7. The van der Waals surface area contributed by atoms with Crippen molar-refractivity contribution in [2.75, 3.05) is 9.80 Å². The van der Waals surface area contributed by atoms with E-state index in [1.54, 1.807) is 96.3 Å². The van der Waals surface area contributed by atoms with E-state index in [1.807, 2.05) is 0 Å². The zero-order chi connectivity index (χ0) is 36.9. The maximum absolute atomic E-state index is 8.36. The molecule has 2 aromatic carbocycles. The van der Waals surface area contributed by atoms with Gasteiger partial charge >= 0.3 is 20.4 Å². The molecule has 1 heterocycles. The molecule has 6 rings (SSSR count). The van der Waals surface area contributed by atoms with Gasteiger partial charge in [-0.1, -0.05) is 111 Å². The summed E-state index contributed by atoms with van der Waals surface area (Å²) in [5.74, 6) is 1.92. The van der Waals surface area contributed by atoms with Crippen LogP contribution in [0.1, 0.15) is 198 Å². The van der Waals surface area contributed by atoms with Gasteiger partial charge in [0.05, 0.1) is 17.0 Å². The summed E-state index contributed by atoms with van der Waals surface area (Å²) in [6.45, 7) is 20.3. The molecule has 1 N–H and O–H groups in total. The number of carboxylic acid groups (broad SMARTS) is 1. The van der Waals surface area contributed by atoms with Gasteiger partial charge in [-0.2, -0.15) is 0 Å². The second-order valence-corrected chi connectivity index (χ2v) is 20.5. The normalized spacial score (nSPS) is 18.8. The number of hydrogen-bond acceptors (Lipinski definition) is 3. The number of para-hydroxylation sites is 2. The predicted molar refractivity (Wildman–Crippen MR) is 227 cm³/mol. The molecule has 1 aliphatic heterocycles. The summed E-state index contributed by atoms with van der Waals surface area (Å²) in [4.78, 5) is 13.0. The van der Waals surface area contributed by atoms with Crippen LogP contribution in [0.2, 0.25) is 0 Å². The molecule has 52 heavy (non-hydrogen) atoms. The molecule has 4 aliphatic rings. The van der Waals surface area contributed by atoms with Gasteiger partial charge in [-0.05, 0) is 135 Å². The van der Waals surface area contributed by atoms with Gasteiger partial charge in [0.1, 0.15) is 0 Å². The number of anilines is 2. The van der Waals surface area contributed by atoms with Crippen LogP contribution in [0.3, 0.4) is 0 Å². The third-order valence-electron chi connectivity index (χ3n) is 12.1. The molecule has 4 nitrogen and oxygen atoms in total. The van der Waals surface area contributed by atoms with Gasteiger partial charge in [0.15, 0.2) is 0 Å². The van der Waals surface area contributed by atoms with E-state index < -0.39 is 0 Å². The van der Waals surface area contributed by atoms with Crippen LogP contribution in [-0.4, -0.2) is 28.6 Å². The van der Waals surface area contributed by atoms with Crippen molar-refractivity contribution in [3.8, 4) is 0 Å². The Morgan fingerprint density at radius 1 is 0.558 bits per heavy atom. The van der Waals surface area contributed by atoms with Crippen LogP contribution in [0.15, 0.2) is 48.8 Å². The van der Waals surface area contributed by atoms with Crippen molar-refractivity contribution in [3.05, 3.63) is 77.7 Å². The predicted octanol–water partition coefficient (Wildman–Crippen LogP) is 13.7. The molecule has 0 saturated heterocycles. The zero-order valence-corrected chi connectivity index (χ0v) is 36.6. The topological polar surface area (TPSA) is 43.8 Å². The molecule has 3 aliphatic carbocycles. The molecule has 0 amide bonds. The molecule has 3 saturated carbocycles. The van der Waals surface area contributed by atoms with E-state index in [1.165, 1.54) is 50.6 Å². The summed E-state index contributed by atoms with van der Waals surface area (Å²) < 4.78 is 0. The van der Waals surface area contributed by atoms with Crippen LogP contribution >= 0.6 is 7.92 Å². The third kappa shape index (κ3) is 11.9. The van der Waals surface area contributed by atoms with E-state index in [4.69, 9.17) is 9.90 Å². The van der Waals surface area contributed by atoms with E-state index in [2.05, 4.69) is 121 Å². The molecule has 0 spiro atoms. The van der Waals surface area contributed by atoms with Crippen LogP contribution in [0, 0.1) is 6.67 Å². The van der Waals surface area contributed by atoms with Crippen LogP contribution in [-0.2, 0) is 25.2 Å². The number of nitrogens with zero attached hydrogens (tertiary/aromatic N) is 2. The minimum absolute atomic E-state index is 0. The molecule has 0 aromatic heterocycles. The Labute approximate surface area is 334 Å². The van der Waals surface area contributed by atoms with Crippen molar-refractivity contribution in [2.24, 2.45) is 0 Å². The Balaban J connectivity index is 0.000000273. The molecule has 0 unspecified atom stereocenters. The minimum atomic E-state index is -0.250.